The quantitative estimate of drug-likeness (QED) is 0.580. The minimum absolute atomic E-state index is 0.181. The first-order valence-corrected chi connectivity index (χ1v) is 9.23. The van der Waals surface area contributed by atoms with Crippen LogP contribution in [0.1, 0.15) is 17.3 Å². The zero-order valence-electron chi connectivity index (χ0n) is 15.5. The van der Waals surface area contributed by atoms with Crippen molar-refractivity contribution in [3.63, 3.8) is 0 Å². The average molecular weight is 489 g/mol. The molecule has 0 aromatic heterocycles. The van der Waals surface area contributed by atoms with Crippen LogP contribution in [0.15, 0.2) is 53.0 Å². The normalized spacial score (nSPS) is 11.9. The monoisotopic (exact) mass is 488 g/mol. The summed E-state index contributed by atoms with van der Waals surface area (Å²) in [4.78, 5) is 35.9. The molecular weight excluding hydrogens is 473 g/mol. The summed E-state index contributed by atoms with van der Waals surface area (Å²) in [6.07, 6.45) is -6.02. The van der Waals surface area contributed by atoms with Crippen molar-refractivity contribution >= 4 is 39.4 Å². The molecule has 0 bridgehead atoms. The van der Waals surface area contributed by atoms with Crippen LogP contribution in [0.25, 0.3) is 0 Å². The highest BCUT2D eigenvalue weighted by Crippen LogP contribution is 2.24. The van der Waals surface area contributed by atoms with Crippen molar-refractivity contribution in [3.8, 4) is 5.75 Å². The number of nitrogens with one attached hydrogen (secondary N) is 2. The maximum absolute atomic E-state index is 12.1. The number of hydrogen-bond donors (Lipinski definition) is 2. The van der Waals surface area contributed by atoms with Gasteiger partial charge in [-0.3, -0.25) is 14.4 Å². The predicted octanol–water partition coefficient (Wildman–Crippen LogP) is 3.65. The van der Waals surface area contributed by atoms with Gasteiger partial charge < -0.3 is 20.1 Å². The summed E-state index contributed by atoms with van der Waals surface area (Å²) in [5.41, 5.74) is 0.515. The largest absolute Gasteiger partial charge is 0.573 e. The van der Waals surface area contributed by atoms with Gasteiger partial charge in [0.25, 0.3) is 11.8 Å². The molecule has 11 heteroatoms. The van der Waals surface area contributed by atoms with Crippen LogP contribution in [0, 0.1) is 0 Å². The van der Waals surface area contributed by atoms with E-state index < -0.39 is 42.5 Å². The van der Waals surface area contributed by atoms with Gasteiger partial charge in [0.15, 0.2) is 6.10 Å². The Kier molecular flexibility index (Phi) is 7.81. The lowest BCUT2D eigenvalue weighted by atomic mass is 10.2. The molecule has 0 aliphatic carbocycles. The van der Waals surface area contributed by atoms with Gasteiger partial charge in [-0.2, -0.15) is 0 Å². The molecule has 30 heavy (non-hydrogen) atoms. The van der Waals surface area contributed by atoms with Crippen molar-refractivity contribution in [2.45, 2.75) is 19.4 Å². The van der Waals surface area contributed by atoms with Gasteiger partial charge in [0.2, 0.25) is 0 Å². The summed E-state index contributed by atoms with van der Waals surface area (Å²) >= 11 is 3.23. The van der Waals surface area contributed by atoms with Crippen LogP contribution < -0.4 is 15.4 Å². The molecule has 0 aliphatic heterocycles. The second-order valence-corrected chi connectivity index (χ2v) is 6.80. The third kappa shape index (κ3) is 7.74. The molecule has 0 aliphatic rings. The number of carbonyl (C=O) groups is 3. The van der Waals surface area contributed by atoms with E-state index in [0.717, 1.165) is 12.1 Å². The molecule has 0 spiro atoms. The fourth-order valence-corrected chi connectivity index (χ4v) is 2.56. The lowest BCUT2D eigenvalue weighted by Gasteiger charge is -2.14. The Labute approximate surface area is 177 Å². The summed E-state index contributed by atoms with van der Waals surface area (Å²) < 4.78 is 45.8. The molecule has 160 valence electrons. The Hall–Kier alpha value is -3.08. The molecule has 0 saturated carbocycles. The van der Waals surface area contributed by atoms with E-state index in [1.54, 1.807) is 24.3 Å². The van der Waals surface area contributed by atoms with Crippen molar-refractivity contribution in [1.82, 2.24) is 5.32 Å². The van der Waals surface area contributed by atoms with Crippen LogP contribution in [0.4, 0.5) is 18.9 Å². The predicted molar refractivity (Wildman–Crippen MR) is 104 cm³/mol. The minimum atomic E-state index is -4.82. The van der Waals surface area contributed by atoms with Crippen molar-refractivity contribution in [2.24, 2.45) is 0 Å². The van der Waals surface area contributed by atoms with E-state index in [0.29, 0.717) is 10.0 Å². The van der Waals surface area contributed by atoms with Gasteiger partial charge in [0.05, 0.1) is 0 Å². The van der Waals surface area contributed by atoms with Crippen LogP contribution in [-0.2, 0) is 14.3 Å². The van der Waals surface area contributed by atoms with Gasteiger partial charge in [-0.15, -0.1) is 13.2 Å². The first-order chi connectivity index (χ1) is 14.0. The Balaban J connectivity index is 1.80. The minimum Gasteiger partial charge on any atom is -0.451 e. The van der Waals surface area contributed by atoms with E-state index in [4.69, 9.17) is 4.74 Å². The SMILES string of the molecule is CC(OC(=O)CNC(=O)c1cccc(Br)c1)C(=O)Nc1ccc(OC(F)(F)F)cc1. The number of esters is 1. The first kappa shape index (κ1) is 23.2. The molecule has 7 nitrogen and oxygen atoms in total. The number of anilines is 1. The number of alkyl halides is 3. The average Bonchev–Trinajstić information content (AvgIpc) is 2.66. The van der Waals surface area contributed by atoms with Gasteiger partial charge in [-0.05, 0) is 49.4 Å². The van der Waals surface area contributed by atoms with Crippen molar-refractivity contribution in [3.05, 3.63) is 58.6 Å². The molecule has 0 heterocycles. The topological polar surface area (TPSA) is 93.7 Å². The van der Waals surface area contributed by atoms with Crippen LogP contribution >= 0.6 is 15.9 Å². The molecule has 0 saturated heterocycles. The molecule has 2 aromatic carbocycles. The summed E-state index contributed by atoms with van der Waals surface area (Å²) in [5.74, 6) is -2.48. The van der Waals surface area contributed by atoms with Crippen LogP contribution in [-0.4, -0.2) is 36.8 Å². The highest BCUT2D eigenvalue weighted by Gasteiger charge is 2.31. The van der Waals surface area contributed by atoms with Gasteiger partial charge in [0, 0.05) is 15.7 Å². The fourth-order valence-electron chi connectivity index (χ4n) is 2.16. The van der Waals surface area contributed by atoms with Crippen LogP contribution in [0.2, 0.25) is 0 Å². The second kappa shape index (κ2) is 10.1. The van der Waals surface area contributed by atoms with Crippen LogP contribution in [0.5, 0.6) is 5.75 Å². The fraction of sp³-hybridized carbons (Fsp3) is 0.211. The van der Waals surface area contributed by atoms with E-state index in [9.17, 15) is 27.6 Å². The molecule has 2 rings (SSSR count). The molecule has 0 radical (unpaired) electrons. The molecule has 1 atom stereocenters. The highest BCUT2D eigenvalue weighted by molar-refractivity contribution is 9.10. The van der Waals surface area contributed by atoms with Crippen LogP contribution in [0.3, 0.4) is 0 Å². The third-order valence-corrected chi connectivity index (χ3v) is 4.01. The summed E-state index contributed by atoms with van der Waals surface area (Å²) in [6.45, 7) is 0.858. The first-order valence-electron chi connectivity index (χ1n) is 8.43. The Morgan fingerprint density at radius 2 is 1.77 bits per heavy atom. The summed E-state index contributed by atoms with van der Waals surface area (Å²) in [7, 11) is 0. The Bertz CT molecular complexity index is 919. The van der Waals surface area contributed by atoms with E-state index in [-0.39, 0.29) is 5.69 Å². The molecular formula is C19H16BrF3N2O5. The molecule has 2 aromatic rings. The van der Waals surface area contributed by atoms with Crippen molar-refractivity contribution in [1.29, 1.82) is 0 Å². The molecule has 0 fully saturated rings. The van der Waals surface area contributed by atoms with E-state index in [1.807, 2.05) is 0 Å². The van der Waals surface area contributed by atoms with Crippen molar-refractivity contribution in [2.75, 3.05) is 11.9 Å². The number of amides is 2. The molecule has 2 amide bonds. The maximum atomic E-state index is 12.1. The lowest BCUT2D eigenvalue weighted by Crippen LogP contribution is -2.35. The maximum Gasteiger partial charge on any atom is 0.573 e. The number of halogens is 4. The van der Waals surface area contributed by atoms with E-state index in [2.05, 4.69) is 31.3 Å². The second-order valence-electron chi connectivity index (χ2n) is 5.89. The highest BCUT2D eigenvalue weighted by atomic mass is 79.9. The number of carbonyl (C=O) groups excluding carboxylic acids is 3. The smallest absolute Gasteiger partial charge is 0.451 e. The molecule has 2 N–H and O–H groups in total. The number of rotatable bonds is 7. The molecule has 1 unspecified atom stereocenters. The number of hydrogen-bond acceptors (Lipinski definition) is 5. The number of benzene rings is 2. The Morgan fingerprint density at radius 3 is 2.37 bits per heavy atom. The third-order valence-electron chi connectivity index (χ3n) is 3.51. The van der Waals surface area contributed by atoms with Gasteiger partial charge in [-0.25, -0.2) is 0 Å². The van der Waals surface area contributed by atoms with E-state index in [1.165, 1.54) is 19.1 Å². The summed E-state index contributed by atoms with van der Waals surface area (Å²) in [6, 6.07) is 11.0. The zero-order valence-corrected chi connectivity index (χ0v) is 17.0. The van der Waals surface area contributed by atoms with Gasteiger partial charge >= 0.3 is 12.3 Å². The number of ether oxygens (including phenoxy) is 2. The van der Waals surface area contributed by atoms with Gasteiger partial charge in [0.1, 0.15) is 12.3 Å². The zero-order chi connectivity index (χ0) is 22.3. The standard InChI is InChI=1S/C19H16BrF3N2O5/c1-11(17(27)25-14-5-7-15(8-6-14)30-19(21,22)23)29-16(26)10-24-18(28)12-3-2-4-13(20)9-12/h2-9,11H,10H2,1H3,(H,24,28)(H,25,27). The Morgan fingerprint density at radius 1 is 1.10 bits per heavy atom. The lowest BCUT2D eigenvalue weighted by molar-refractivity contribution is -0.274. The summed E-state index contributed by atoms with van der Waals surface area (Å²) in [5, 5.41) is 4.76. The van der Waals surface area contributed by atoms with E-state index >= 15 is 0 Å². The van der Waals surface area contributed by atoms with Crippen molar-refractivity contribution < 1.29 is 37.0 Å². The van der Waals surface area contributed by atoms with Gasteiger partial charge in [-0.1, -0.05) is 22.0 Å².